The zero-order valence-electron chi connectivity index (χ0n) is 7.70. The van der Waals surface area contributed by atoms with Gasteiger partial charge in [0.15, 0.2) is 0 Å². The fraction of sp³-hybridized carbons (Fsp3) is 0.500. The van der Waals surface area contributed by atoms with Crippen LogP contribution in [0.15, 0.2) is 24.3 Å². The second kappa shape index (κ2) is 2.76. The number of hydrogen-bond donors (Lipinski definition) is 0. The summed E-state index contributed by atoms with van der Waals surface area (Å²) in [5.41, 5.74) is 1.45. The van der Waals surface area contributed by atoms with Crippen LogP contribution in [-0.2, 0) is 0 Å². The van der Waals surface area contributed by atoms with Crippen LogP contribution in [-0.4, -0.2) is 6.61 Å². The van der Waals surface area contributed by atoms with E-state index in [1.807, 2.05) is 0 Å². The maximum Gasteiger partial charge on any atom is 0.122 e. The maximum atomic E-state index is 5.74. The lowest BCUT2D eigenvalue weighted by atomic mass is 9.87. The lowest BCUT2D eigenvalue weighted by Gasteiger charge is -2.28. The summed E-state index contributed by atoms with van der Waals surface area (Å²) < 4.78 is 5.74. The molecule has 1 nitrogen and oxygen atoms in total. The SMILES string of the molecule is c1ccc2c(c1)OCC1CCCC21. The van der Waals surface area contributed by atoms with E-state index < -0.39 is 0 Å². The average Bonchev–Trinajstić information content (AvgIpc) is 2.65. The Morgan fingerprint density at radius 1 is 1.15 bits per heavy atom. The van der Waals surface area contributed by atoms with Crippen LogP contribution in [0.4, 0.5) is 0 Å². The molecule has 2 unspecified atom stereocenters. The molecule has 13 heavy (non-hydrogen) atoms. The molecule has 1 aliphatic carbocycles. The molecule has 0 spiro atoms. The molecule has 0 N–H and O–H groups in total. The quantitative estimate of drug-likeness (QED) is 0.587. The lowest BCUT2D eigenvalue weighted by molar-refractivity contribution is 0.210. The molecule has 1 aliphatic heterocycles. The van der Waals surface area contributed by atoms with Gasteiger partial charge in [0.1, 0.15) is 5.75 Å². The molecular weight excluding hydrogens is 160 g/mol. The van der Waals surface area contributed by atoms with Crippen LogP contribution in [0.1, 0.15) is 30.7 Å². The van der Waals surface area contributed by atoms with Crippen LogP contribution < -0.4 is 4.74 Å². The summed E-state index contributed by atoms with van der Waals surface area (Å²) in [4.78, 5) is 0. The van der Waals surface area contributed by atoms with Gasteiger partial charge in [-0.15, -0.1) is 0 Å². The van der Waals surface area contributed by atoms with Gasteiger partial charge < -0.3 is 4.74 Å². The number of hydrogen-bond acceptors (Lipinski definition) is 1. The normalized spacial score (nSPS) is 30.5. The Labute approximate surface area is 78.7 Å². The fourth-order valence-electron chi connectivity index (χ4n) is 2.76. The molecule has 0 bridgehead atoms. The second-order valence-electron chi connectivity index (χ2n) is 4.15. The molecule has 2 atom stereocenters. The van der Waals surface area contributed by atoms with Gasteiger partial charge in [-0.3, -0.25) is 0 Å². The zero-order valence-corrected chi connectivity index (χ0v) is 7.70. The average molecular weight is 174 g/mol. The van der Waals surface area contributed by atoms with Gasteiger partial charge in [-0.2, -0.15) is 0 Å². The third-order valence-corrected chi connectivity index (χ3v) is 3.43. The predicted octanol–water partition coefficient (Wildman–Crippen LogP) is 2.96. The Kier molecular flexibility index (Phi) is 1.58. The van der Waals surface area contributed by atoms with Crippen LogP contribution >= 0.6 is 0 Å². The second-order valence-corrected chi connectivity index (χ2v) is 4.15. The highest BCUT2D eigenvalue weighted by Crippen LogP contribution is 2.46. The first-order valence-electron chi connectivity index (χ1n) is 5.17. The Hall–Kier alpha value is -0.980. The first-order valence-corrected chi connectivity index (χ1v) is 5.17. The van der Waals surface area contributed by atoms with Crippen molar-refractivity contribution < 1.29 is 4.74 Å². The van der Waals surface area contributed by atoms with Crippen LogP contribution in [0.2, 0.25) is 0 Å². The molecule has 0 saturated heterocycles. The van der Waals surface area contributed by atoms with Gasteiger partial charge in [-0.1, -0.05) is 24.6 Å². The van der Waals surface area contributed by atoms with Crippen molar-refractivity contribution in [3.63, 3.8) is 0 Å². The van der Waals surface area contributed by atoms with Crippen molar-refractivity contribution in [2.75, 3.05) is 6.61 Å². The van der Waals surface area contributed by atoms with Crippen molar-refractivity contribution in [3.8, 4) is 5.75 Å². The maximum absolute atomic E-state index is 5.74. The van der Waals surface area contributed by atoms with Gasteiger partial charge in [-0.25, -0.2) is 0 Å². The molecule has 1 aromatic carbocycles. The molecule has 0 amide bonds. The van der Waals surface area contributed by atoms with E-state index in [4.69, 9.17) is 4.74 Å². The van der Waals surface area contributed by atoms with E-state index in [1.165, 1.54) is 24.8 Å². The highest BCUT2D eigenvalue weighted by atomic mass is 16.5. The largest absolute Gasteiger partial charge is 0.493 e. The van der Waals surface area contributed by atoms with Gasteiger partial charge in [-0.05, 0) is 36.3 Å². The molecule has 1 aromatic rings. The van der Waals surface area contributed by atoms with Crippen LogP contribution in [0, 0.1) is 5.92 Å². The number of fused-ring (bicyclic) bond motifs is 3. The first kappa shape index (κ1) is 7.43. The minimum atomic E-state index is 0.796. The summed E-state index contributed by atoms with van der Waals surface area (Å²) >= 11 is 0. The van der Waals surface area contributed by atoms with E-state index in [9.17, 15) is 0 Å². The van der Waals surface area contributed by atoms with Gasteiger partial charge in [0.05, 0.1) is 6.61 Å². The Morgan fingerprint density at radius 3 is 3.08 bits per heavy atom. The standard InChI is InChI=1S/C12H14O/c1-2-7-12-11(5-1)10-6-3-4-9(10)8-13-12/h1-2,5,7,9-10H,3-4,6,8H2. The Morgan fingerprint density at radius 2 is 2.08 bits per heavy atom. The predicted molar refractivity (Wildman–Crippen MR) is 52.0 cm³/mol. The van der Waals surface area contributed by atoms with Crippen molar-refractivity contribution in [2.24, 2.45) is 5.92 Å². The van der Waals surface area contributed by atoms with E-state index in [-0.39, 0.29) is 0 Å². The summed E-state index contributed by atoms with van der Waals surface area (Å²) in [6.07, 6.45) is 4.11. The number of benzene rings is 1. The van der Waals surface area contributed by atoms with Gasteiger partial charge in [0.25, 0.3) is 0 Å². The van der Waals surface area contributed by atoms with Gasteiger partial charge in [0.2, 0.25) is 0 Å². The minimum Gasteiger partial charge on any atom is -0.493 e. The smallest absolute Gasteiger partial charge is 0.122 e. The summed E-state index contributed by atoms with van der Waals surface area (Å²) in [5.74, 6) is 2.73. The molecule has 3 rings (SSSR count). The van der Waals surface area contributed by atoms with E-state index in [1.54, 1.807) is 0 Å². The monoisotopic (exact) mass is 174 g/mol. The molecule has 1 heteroatoms. The Balaban J connectivity index is 2.06. The molecule has 1 heterocycles. The van der Waals surface area contributed by atoms with Crippen molar-refractivity contribution in [1.82, 2.24) is 0 Å². The van der Waals surface area contributed by atoms with Crippen molar-refractivity contribution in [2.45, 2.75) is 25.2 Å². The Bertz CT molecular complexity index is 319. The number of ether oxygens (including phenoxy) is 1. The minimum absolute atomic E-state index is 0.796. The van der Waals surface area contributed by atoms with E-state index in [0.29, 0.717) is 0 Å². The number of rotatable bonds is 0. The van der Waals surface area contributed by atoms with Crippen molar-refractivity contribution in [1.29, 1.82) is 0 Å². The van der Waals surface area contributed by atoms with E-state index in [0.717, 1.165) is 24.2 Å². The molecular formula is C12H14O. The summed E-state index contributed by atoms with van der Waals surface area (Å²) in [6.45, 7) is 0.946. The van der Waals surface area contributed by atoms with Gasteiger partial charge >= 0.3 is 0 Å². The highest BCUT2D eigenvalue weighted by molar-refractivity contribution is 5.38. The number of para-hydroxylation sites is 1. The van der Waals surface area contributed by atoms with Crippen molar-refractivity contribution in [3.05, 3.63) is 29.8 Å². The third kappa shape index (κ3) is 1.06. The van der Waals surface area contributed by atoms with Crippen molar-refractivity contribution >= 4 is 0 Å². The summed E-state index contributed by atoms with van der Waals surface area (Å²) in [7, 11) is 0. The van der Waals surface area contributed by atoms with Crippen LogP contribution in [0.5, 0.6) is 5.75 Å². The molecule has 1 saturated carbocycles. The molecule has 0 aromatic heterocycles. The van der Waals surface area contributed by atoms with Crippen LogP contribution in [0.25, 0.3) is 0 Å². The summed E-state index contributed by atoms with van der Waals surface area (Å²) in [6, 6.07) is 8.53. The molecule has 0 radical (unpaired) electrons. The zero-order chi connectivity index (χ0) is 8.67. The first-order chi connectivity index (χ1) is 6.45. The summed E-state index contributed by atoms with van der Waals surface area (Å²) in [5, 5.41) is 0. The third-order valence-electron chi connectivity index (χ3n) is 3.43. The molecule has 1 fully saturated rings. The molecule has 2 aliphatic rings. The van der Waals surface area contributed by atoms with Gasteiger partial charge in [0, 0.05) is 0 Å². The fourth-order valence-corrected chi connectivity index (χ4v) is 2.76. The van der Waals surface area contributed by atoms with E-state index >= 15 is 0 Å². The molecule has 68 valence electrons. The lowest BCUT2D eigenvalue weighted by Crippen LogP contribution is -2.21. The highest BCUT2D eigenvalue weighted by Gasteiger charge is 2.34. The van der Waals surface area contributed by atoms with Crippen LogP contribution in [0.3, 0.4) is 0 Å². The topological polar surface area (TPSA) is 9.23 Å². The van der Waals surface area contributed by atoms with E-state index in [2.05, 4.69) is 24.3 Å².